The van der Waals surface area contributed by atoms with Crippen molar-refractivity contribution in [2.24, 2.45) is 52.9 Å². The SMILES string of the molecule is CC[C@H](C)[C@H](NC(=O)C(CO)NC(=O)[C@@H]1CCCN1C(=O)[C@H](CC(C)C)NC(=O)[C@H](Cc1ccc(O)cc1)NC(=O)[C@H](C)NC(=O)[C@H](Cc1cnc[nH]1)NC(=O)[C@H](Cc1cnc[nH]1)NC(=O)[C@H](CC(C)C)NC(=O)[C@@H](NC(=O)[C@@H]1CCCN1C(=O)[C@H](CC(C)C)NC(=O)[C@H](CCC(N)=O)NC(=O)[C@H](CC(C)C)NC(=O)[C@@H](N)Cc1ccc(O)cc1)[C@@H](C)CC)C(=O)NCC(=O)NCC(=O)N[C@H](C(=O)O)C(C)C. The summed E-state index contributed by atoms with van der Waals surface area (Å²) in [5, 5.41) is 79.2. The summed E-state index contributed by atoms with van der Waals surface area (Å²) in [5.74, 6) is -19.2. The molecule has 2 aromatic carbocycles. The van der Waals surface area contributed by atoms with Crippen LogP contribution in [0.4, 0.5) is 0 Å². The second-order valence-corrected chi connectivity index (χ2v) is 38.6. The number of aliphatic carboxylic acids is 1. The van der Waals surface area contributed by atoms with Crippen molar-refractivity contribution >= 4 is 112 Å². The monoisotopic (exact) mass is 1990 g/mol. The van der Waals surface area contributed by atoms with E-state index in [1.165, 1.54) is 78.2 Å². The number of nitrogens with zero attached hydrogens (tertiary/aromatic N) is 4. The number of carbonyl (C=O) groups excluding carboxylic acids is 18. The summed E-state index contributed by atoms with van der Waals surface area (Å²) < 4.78 is 0. The number of aromatic hydroxyl groups is 2. The molecule has 0 radical (unpaired) electrons. The van der Waals surface area contributed by atoms with Crippen LogP contribution in [0.3, 0.4) is 0 Å². The van der Waals surface area contributed by atoms with Crippen LogP contribution in [-0.2, 0) is 117 Å². The van der Waals surface area contributed by atoms with Gasteiger partial charge in [-0.05, 0) is 148 Å². The number of aliphatic hydroxyl groups excluding tert-OH is 1. The number of phenols is 2. The molecule has 18 amide bonds. The number of aromatic nitrogens is 4. The third kappa shape index (κ3) is 37.7. The fourth-order valence-corrected chi connectivity index (χ4v) is 16.3. The summed E-state index contributed by atoms with van der Waals surface area (Å²) in [4.78, 5) is 284. The molecule has 18 atom stereocenters. The first-order valence-corrected chi connectivity index (χ1v) is 48.5. The predicted molar refractivity (Wildman–Crippen MR) is 517 cm³/mol. The average molecular weight is 1990 g/mol. The van der Waals surface area contributed by atoms with Crippen molar-refractivity contribution in [1.82, 2.24) is 109 Å². The maximum absolute atomic E-state index is 15.1. The molecule has 46 heteroatoms. The van der Waals surface area contributed by atoms with Gasteiger partial charge in [0.25, 0.3) is 0 Å². The summed E-state index contributed by atoms with van der Waals surface area (Å²) in [7, 11) is 0. The number of amides is 18. The lowest BCUT2D eigenvalue weighted by atomic mass is 9.96. The standard InChI is InChI=1S/C96H147N23O23/c1-16-54(13)79(92(137)102-44-76(124)101-45-77(125)115-78(53(11)12)96(141)142)116-89(134)72(46-120)114-90(135)73-20-18-32-118(73)95(140)71(37-52(9)10)113-87(132)67(39-58-24-28-62(122)29-25-58)107-81(126)56(15)105-84(129)68(40-59-42-99-47-103-59)109-88(133)69(41-60-43-100-48-104-60)110-86(131)66(35-50(5)6)111-93(138)80(55(14)17-2)117-91(136)74-21-19-33-119(74)94(139)70(36-51(7)8)112-83(128)64(30-31-75(98)123)106-85(130)65(34-49(3)4)108-82(127)63(97)38-57-22-26-61(121)27-23-57/h22-29,42-43,47-56,63-74,78-80,120-122H,16-21,30-41,44-46,97H2,1-15H3,(H2,98,123)(H,99,103)(H,100,104)(H,101,124)(H,102,137)(H,105,129)(H,106,130)(H,107,126)(H,108,127)(H,109,133)(H,110,131)(H,111,138)(H,112,128)(H,113,132)(H,114,135)(H,115,125)(H,116,134)(H,117,136)(H,141,142)/t54-,55-,56-,63-,64-,65-,66-,67-,68-,69-,70-,71-,72?,73-,74-,78-,79-,80-/m0/s1. The number of carboxylic acids is 1. The van der Waals surface area contributed by atoms with Crippen molar-refractivity contribution in [2.45, 2.75) is 303 Å². The van der Waals surface area contributed by atoms with Gasteiger partial charge in [0.05, 0.1) is 38.4 Å². The molecule has 2 aliphatic heterocycles. The number of hydrogen-bond donors (Lipinski definition) is 23. The summed E-state index contributed by atoms with van der Waals surface area (Å²) in [5.41, 5.74) is 13.5. The minimum Gasteiger partial charge on any atom is -0.508 e. The van der Waals surface area contributed by atoms with Gasteiger partial charge in [-0.1, -0.05) is 134 Å². The van der Waals surface area contributed by atoms with Crippen LogP contribution in [0.2, 0.25) is 0 Å². The van der Waals surface area contributed by atoms with E-state index in [0.29, 0.717) is 41.8 Å². The van der Waals surface area contributed by atoms with Crippen molar-refractivity contribution in [3.05, 3.63) is 96.1 Å². The topological polar surface area (TPSA) is 702 Å². The van der Waals surface area contributed by atoms with Gasteiger partial charge in [0.2, 0.25) is 106 Å². The molecule has 46 nitrogen and oxygen atoms in total. The number of aromatic amines is 2. The van der Waals surface area contributed by atoms with Gasteiger partial charge < -0.3 is 131 Å². The van der Waals surface area contributed by atoms with Gasteiger partial charge in [0.15, 0.2) is 0 Å². The van der Waals surface area contributed by atoms with Crippen molar-refractivity contribution in [1.29, 1.82) is 0 Å². The number of aliphatic hydroxyl groups is 1. The number of hydrogen-bond acceptors (Lipinski definition) is 25. The molecule has 2 aromatic heterocycles. The van der Waals surface area contributed by atoms with Crippen molar-refractivity contribution in [3.8, 4) is 11.5 Å². The van der Waals surface area contributed by atoms with Crippen molar-refractivity contribution in [3.63, 3.8) is 0 Å². The Bertz CT molecular complexity index is 4920. The normalized spacial score (nSPS) is 16.9. The molecule has 2 fully saturated rings. The largest absolute Gasteiger partial charge is 0.508 e. The first kappa shape index (κ1) is 117. The molecule has 0 spiro atoms. The van der Waals surface area contributed by atoms with Crippen molar-refractivity contribution in [2.75, 3.05) is 32.8 Å². The highest BCUT2D eigenvalue weighted by molar-refractivity contribution is 6.02. The number of phenolic OH excluding ortho intramolecular Hbond substituents is 2. The number of rotatable bonds is 58. The van der Waals surface area contributed by atoms with Crippen LogP contribution in [0.25, 0.3) is 0 Å². The van der Waals surface area contributed by atoms with E-state index in [2.05, 4.69) is 99.7 Å². The zero-order chi connectivity index (χ0) is 106. The number of imidazole rings is 2. The fraction of sp³-hybridized carbons (Fsp3) is 0.615. The molecule has 4 aromatic rings. The number of benzene rings is 2. The molecule has 784 valence electrons. The summed E-state index contributed by atoms with van der Waals surface area (Å²) in [6.07, 6.45) is 5.38. The number of carbonyl (C=O) groups is 19. The van der Waals surface area contributed by atoms with Crippen LogP contribution in [-0.4, -0.2) is 292 Å². The Morgan fingerprint density at radius 3 is 1.22 bits per heavy atom. The van der Waals surface area contributed by atoms with Crippen LogP contribution in [0.15, 0.2) is 73.6 Å². The number of primary amides is 1. The second-order valence-electron chi connectivity index (χ2n) is 38.6. The number of nitrogens with two attached hydrogens (primary N) is 2. The second kappa shape index (κ2) is 57.3. The van der Waals surface area contributed by atoms with Gasteiger partial charge in [-0.2, -0.15) is 0 Å². The summed E-state index contributed by atoms with van der Waals surface area (Å²) >= 11 is 0. The number of carboxylic acid groups (broad SMARTS) is 1. The zero-order valence-corrected chi connectivity index (χ0v) is 83.5. The molecule has 6 rings (SSSR count). The van der Waals surface area contributed by atoms with Gasteiger partial charge in [-0.3, -0.25) is 86.3 Å². The maximum Gasteiger partial charge on any atom is 0.326 e. The minimum atomic E-state index is -1.69. The summed E-state index contributed by atoms with van der Waals surface area (Å²) in [6.45, 7) is 23.3. The summed E-state index contributed by atoms with van der Waals surface area (Å²) in [6, 6.07) is -10.4. The third-order valence-corrected chi connectivity index (χ3v) is 24.5. The molecule has 0 bridgehead atoms. The Balaban J connectivity index is 1.16. The Morgan fingerprint density at radius 1 is 0.408 bits per heavy atom. The van der Waals surface area contributed by atoms with E-state index in [1.54, 1.807) is 95.2 Å². The van der Waals surface area contributed by atoms with Crippen molar-refractivity contribution < 1.29 is 112 Å². The zero-order valence-electron chi connectivity index (χ0n) is 83.5. The molecule has 4 heterocycles. The maximum atomic E-state index is 15.1. The highest BCUT2D eigenvalue weighted by Crippen LogP contribution is 2.26. The van der Waals surface area contributed by atoms with Gasteiger partial charge >= 0.3 is 5.97 Å². The van der Waals surface area contributed by atoms with E-state index in [-0.39, 0.29) is 132 Å². The van der Waals surface area contributed by atoms with Gasteiger partial charge in [0.1, 0.15) is 102 Å². The molecule has 25 N–H and O–H groups in total. The Hall–Kier alpha value is -13.7. The molecule has 142 heavy (non-hydrogen) atoms. The first-order chi connectivity index (χ1) is 67.0. The predicted octanol–water partition coefficient (Wildman–Crippen LogP) is -2.05. The third-order valence-electron chi connectivity index (χ3n) is 24.5. The highest BCUT2D eigenvalue weighted by atomic mass is 16.4. The lowest BCUT2D eigenvalue weighted by molar-refractivity contribution is -0.143. The molecule has 0 saturated carbocycles. The van der Waals surface area contributed by atoms with E-state index in [1.807, 2.05) is 13.8 Å². The molecular formula is C96H147N23O23. The number of nitrogens with one attached hydrogen (secondary N) is 17. The molecule has 2 saturated heterocycles. The van der Waals surface area contributed by atoms with E-state index >= 15 is 9.59 Å². The van der Waals surface area contributed by atoms with E-state index in [9.17, 15) is 102 Å². The van der Waals surface area contributed by atoms with Crippen LogP contribution < -0.4 is 91.2 Å². The first-order valence-electron chi connectivity index (χ1n) is 48.5. The van der Waals surface area contributed by atoms with Gasteiger partial charge in [-0.25, -0.2) is 14.8 Å². The molecule has 1 unspecified atom stereocenters. The Labute approximate surface area is 826 Å². The highest BCUT2D eigenvalue weighted by Gasteiger charge is 2.45. The van der Waals surface area contributed by atoms with Crippen LogP contribution in [0.5, 0.6) is 11.5 Å². The molecule has 2 aliphatic rings. The Morgan fingerprint density at radius 2 is 0.789 bits per heavy atom. The van der Waals surface area contributed by atoms with E-state index < -0.39 is 246 Å². The van der Waals surface area contributed by atoms with Crippen LogP contribution in [0.1, 0.15) is 203 Å². The molecule has 0 aliphatic carbocycles. The fourth-order valence-electron chi connectivity index (χ4n) is 16.3. The smallest absolute Gasteiger partial charge is 0.326 e. The van der Waals surface area contributed by atoms with Gasteiger partial charge in [0, 0.05) is 62.6 Å². The van der Waals surface area contributed by atoms with Gasteiger partial charge in [-0.15, -0.1) is 0 Å². The number of likely N-dealkylation sites (tertiary alicyclic amines) is 2. The van der Waals surface area contributed by atoms with E-state index in [4.69, 9.17) is 11.5 Å². The number of H-pyrrole nitrogens is 2. The van der Waals surface area contributed by atoms with E-state index in [0.717, 1.165) is 0 Å². The Kier molecular flexibility index (Phi) is 47.2. The average Bonchev–Trinajstić information content (AvgIpc) is 1.66. The quantitative estimate of drug-likeness (QED) is 0.0226. The van der Waals surface area contributed by atoms with Crippen LogP contribution in [0, 0.1) is 41.4 Å². The lowest BCUT2D eigenvalue weighted by Crippen LogP contribution is -2.62. The molecular weight excluding hydrogens is 1840 g/mol. The van der Waals surface area contributed by atoms with Crippen LogP contribution >= 0.6 is 0 Å². The minimum absolute atomic E-state index is 0.00955. The lowest BCUT2D eigenvalue weighted by Gasteiger charge is -2.32.